The number of benzene rings is 2. The number of hydrogen-bond donors (Lipinski definition) is 1. The molecule has 3 rings (SSSR count). The highest BCUT2D eigenvalue weighted by Crippen LogP contribution is 2.35. The van der Waals surface area contributed by atoms with E-state index in [2.05, 4.69) is 10.5 Å². The topological polar surface area (TPSA) is 63.2 Å². The number of amides is 1. The van der Waals surface area contributed by atoms with Gasteiger partial charge in [-0.05, 0) is 29.8 Å². The molecule has 0 aromatic heterocycles. The summed E-state index contributed by atoms with van der Waals surface area (Å²) in [5, 5.41) is 5.62. The number of halogens is 4. The van der Waals surface area contributed by atoms with Gasteiger partial charge in [0.1, 0.15) is 6.61 Å². The maximum absolute atomic E-state index is 12.0. The predicted molar refractivity (Wildman–Crippen MR) is 120 cm³/mol. The Bertz CT molecular complexity index is 911. The molecule has 10 heteroatoms. The van der Waals surface area contributed by atoms with Crippen molar-refractivity contribution in [3.05, 3.63) is 61.5 Å². The molecule has 30 heavy (non-hydrogen) atoms. The standard InChI is InChI=1S/C20H19Cl4N3O3/c21-15-2-1-14(16(22)9-15)12-30-20-17(23)7-13(8-18(20)24)10-25-26-19(28)11-27-3-5-29-6-4-27/h1-2,7-10H,3-6,11-12H2,(H,26,28). The maximum Gasteiger partial charge on any atom is 0.254 e. The van der Waals surface area contributed by atoms with Gasteiger partial charge in [0.25, 0.3) is 5.91 Å². The highest BCUT2D eigenvalue weighted by atomic mass is 35.5. The molecule has 2 aromatic rings. The second-order valence-corrected chi connectivity index (χ2v) is 8.18. The van der Waals surface area contributed by atoms with Gasteiger partial charge in [0, 0.05) is 28.7 Å². The second kappa shape index (κ2) is 11.2. The highest BCUT2D eigenvalue weighted by molar-refractivity contribution is 6.37. The lowest BCUT2D eigenvalue weighted by Crippen LogP contribution is -2.42. The lowest BCUT2D eigenvalue weighted by Gasteiger charge is -2.25. The van der Waals surface area contributed by atoms with Gasteiger partial charge in [-0.3, -0.25) is 9.69 Å². The molecule has 0 spiro atoms. The Morgan fingerprint density at radius 2 is 1.80 bits per heavy atom. The van der Waals surface area contributed by atoms with Crippen LogP contribution < -0.4 is 10.2 Å². The van der Waals surface area contributed by atoms with E-state index in [9.17, 15) is 4.79 Å². The van der Waals surface area contributed by atoms with Crippen molar-refractivity contribution in [2.45, 2.75) is 6.61 Å². The van der Waals surface area contributed by atoms with Crippen LogP contribution in [0.1, 0.15) is 11.1 Å². The molecule has 0 atom stereocenters. The number of hydrogen-bond acceptors (Lipinski definition) is 5. The van der Waals surface area contributed by atoms with Crippen LogP contribution in [0.2, 0.25) is 20.1 Å². The van der Waals surface area contributed by atoms with Crippen molar-refractivity contribution in [1.29, 1.82) is 0 Å². The average Bonchev–Trinajstić information content (AvgIpc) is 2.69. The number of nitrogens with one attached hydrogen (secondary N) is 1. The zero-order chi connectivity index (χ0) is 21.5. The lowest BCUT2D eigenvalue weighted by molar-refractivity contribution is -0.123. The van der Waals surface area contributed by atoms with Crippen LogP contribution in [-0.4, -0.2) is 49.9 Å². The molecule has 0 unspecified atom stereocenters. The molecule has 1 amide bonds. The summed E-state index contributed by atoms with van der Waals surface area (Å²) < 4.78 is 11.0. The van der Waals surface area contributed by atoms with Crippen LogP contribution in [0.15, 0.2) is 35.4 Å². The molecule has 0 saturated carbocycles. The van der Waals surface area contributed by atoms with Gasteiger partial charge in [-0.2, -0.15) is 5.10 Å². The fraction of sp³-hybridized carbons (Fsp3) is 0.300. The van der Waals surface area contributed by atoms with Gasteiger partial charge in [-0.15, -0.1) is 0 Å². The maximum atomic E-state index is 12.0. The first-order chi connectivity index (χ1) is 14.4. The first kappa shape index (κ1) is 23.1. The smallest absolute Gasteiger partial charge is 0.254 e. The van der Waals surface area contributed by atoms with Crippen molar-refractivity contribution in [3.8, 4) is 5.75 Å². The summed E-state index contributed by atoms with van der Waals surface area (Å²) in [7, 11) is 0. The minimum Gasteiger partial charge on any atom is -0.486 e. The monoisotopic (exact) mass is 489 g/mol. The van der Waals surface area contributed by atoms with Crippen molar-refractivity contribution in [3.63, 3.8) is 0 Å². The number of carbonyl (C=O) groups excluding carboxylic acids is 1. The van der Waals surface area contributed by atoms with Gasteiger partial charge in [0.2, 0.25) is 0 Å². The third-order valence-electron chi connectivity index (χ3n) is 4.28. The normalized spacial score (nSPS) is 14.8. The van der Waals surface area contributed by atoms with Gasteiger partial charge >= 0.3 is 0 Å². The zero-order valence-corrected chi connectivity index (χ0v) is 18.9. The van der Waals surface area contributed by atoms with Crippen LogP contribution >= 0.6 is 46.4 Å². The molecule has 160 valence electrons. The number of morpholine rings is 1. The summed E-state index contributed by atoms with van der Waals surface area (Å²) in [6, 6.07) is 8.42. The summed E-state index contributed by atoms with van der Waals surface area (Å²) in [6.45, 7) is 3.16. The fourth-order valence-corrected chi connectivity index (χ4v) is 3.83. The van der Waals surface area contributed by atoms with Crippen molar-refractivity contribution in [2.24, 2.45) is 5.10 Å². The third kappa shape index (κ3) is 6.74. The molecule has 6 nitrogen and oxygen atoms in total. The molecule has 0 radical (unpaired) electrons. The van der Waals surface area contributed by atoms with Gasteiger partial charge in [-0.1, -0.05) is 52.5 Å². The fourth-order valence-electron chi connectivity index (χ4n) is 2.76. The first-order valence-corrected chi connectivity index (χ1v) is 10.6. The number of ether oxygens (including phenoxy) is 2. The number of carbonyl (C=O) groups is 1. The highest BCUT2D eigenvalue weighted by Gasteiger charge is 2.14. The Labute approximate surface area is 194 Å². The lowest BCUT2D eigenvalue weighted by atomic mass is 10.2. The van der Waals surface area contributed by atoms with Gasteiger partial charge in [-0.25, -0.2) is 5.43 Å². The minimum atomic E-state index is -0.204. The van der Waals surface area contributed by atoms with Crippen molar-refractivity contribution in [2.75, 3.05) is 32.8 Å². The SMILES string of the molecule is O=C(CN1CCOCC1)NN=Cc1cc(Cl)c(OCc2ccc(Cl)cc2Cl)c(Cl)c1. The Morgan fingerprint density at radius 1 is 1.10 bits per heavy atom. The van der Waals surface area contributed by atoms with E-state index in [1.807, 2.05) is 4.90 Å². The van der Waals surface area contributed by atoms with Crippen molar-refractivity contribution < 1.29 is 14.3 Å². The second-order valence-electron chi connectivity index (χ2n) is 6.52. The van der Waals surface area contributed by atoms with E-state index in [4.69, 9.17) is 55.9 Å². The molecule has 2 aromatic carbocycles. The van der Waals surface area contributed by atoms with E-state index in [0.29, 0.717) is 44.6 Å². The Balaban J connectivity index is 1.56. The Hall–Kier alpha value is -1.54. The average molecular weight is 491 g/mol. The van der Waals surface area contributed by atoms with Crippen LogP contribution in [0.25, 0.3) is 0 Å². The van der Waals surface area contributed by atoms with Crippen LogP contribution in [0.5, 0.6) is 5.75 Å². The van der Waals surface area contributed by atoms with Crippen molar-refractivity contribution >= 4 is 58.5 Å². The van der Waals surface area contributed by atoms with E-state index >= 15 is 0 Å². The number of hydrazone groups is 1. The van der Waals surface area contributed by atoms with Gasteiger partial charge < -0.3 is 9.47 Å². The van der Waals surface area contributed by atoms with Crippen LogP contribution in [0.4, 0.5) is 0 Å². The third-order valence-corrected chi connectivity index (χ3v) is 5.43. The van der Waals surface area contributed by atoms with E-state index in [1.165, 1.54) is 6.21 Å². The summed E-state index contributed by atoms with van der Waals surface area (Å²) in [5.74, 6) is 0.128. The van der Waals surface area contributed by atoms with E-state index < -0.39 is 0 Å². The predicted octanol–water partition coefficient (Wildman–Crippen LogP) is 4.66. The first-order valence-electron chi connectivity index (χ1n) is 9.10. The minimum absolute atomic E-state index is 0.181. The van der Waals surface area contributed by atoms with Crippen molar-refractivity contribution in [1.82, 2.24) is 10.3 Å². The molecule has 1 fully saturated rings. The molecular formula is C20H19Cl4N3O3. The zero-order valence-electron chi connectivity index (χ0n) is 15.8. The number of nitrogens with zero attached hydrogens (tertiary/aromatic N) is 2. The van der Waals surface area contributed by atoms with Gasteiger partial charge in [0.15, 0.2) is 5.75 Å². The summed E-state index contributed by atoms with van der Waals surface area (Å²) in [4.78, 5) is 14.0. The van der Waals surface area contributed by atoms with E-state index in [-0.39, 0.29) is 19.1 Å². The summed E-state index contributed by atoms with van der Waals surface area (Å²) in [5.41, 5.74) is 3.87. The largest absolute Gasteiger partial charge is 0.486 e. The molecular weight excluding hydrogens is 472 g/mol. The Kier molecular flexibility index (Phi) is 8.62. The molecule has 1 N–H and O–H groups in total. The molecule has 1 aliphatic rings. The van der Waals surface area contributed by atoms with E-state index in [0.717, 1.165) is 18.7 Å². The quantitative estimate of drug-likeness (QED) is 0.452. The summed E-state index contributed by atoms with van der Waals surface area (Å²) >= 11 is 24.7. The van der Waals surface area contributed by atoms with Gasteiger partial charge in [0.05, 0.1) is 36.0 Å². The molecule has 0 aliphatic carbocycles. The molecule has 1 heterocycles. The van der Waals surface area contributed by atoms with Crippen LogP contribution in [0, 0.1) is 0 Å². The number of rotatable bonds is 7. The molecule has 1 aliphatic heterocycles. The summed E-state index contributed by atoms with van der Waals surface area (Å²) in [6.07, 6.45) is 1.47. The van der Waals surface area contributed by atoms with Crippen LogP contribution in [0.3, 0.4) is 0 Å². The Morgan fingerprint density at radius 3 is 2.47 bits per heavy atom. The molecule has 1 saturated heterocycles. The van der Waals surface area contributed by atoms with E-state index in [1.54, 1.807) is 30.3 Å². The molecule has 0 bridgehead atoms. The van der Waals surface area contributed by atoms with Crippen LogP contribution in [-0.2, 0) is 16.1 Å².